The first kappa shape index (κ1) is 7.33. The molecule has 0 bridgehead atoms. The van der Waals surface area contributed by atoms with Gasteiger partial charge in [0.2, 0.25) is 0 Å². The van der Waals surface area contributed by atoms with Crippen LogP contribution in [-0.2, 0) is 0 Å². The van der Waals surface area contributed by atoms with Crippen molar-refractivity contribution in [2.24, 2.45) is 5.41 Å². The SMILES string of the molecule is C=C1C=CC(C)(C)C(C)=C1. The molecule has 0 aromatic heterocycles. The summed E-state index contributed by atoms with van der Waals surface area (Å²) >= 11 is 0. The Morgan fingerprint density at radius 2 is 2.00 bits per heavy atom. The Morgan fingerprint density at radius 3 is 2.40 bits per heavy atom. The van der Waals surface area contributed by atoms with E-state index in [0.29, 0.717) is 0 Å². The minimum atomic E-state index is 0.237. The third-order valence-corrected chi connectivity index (χ3v) is 2.13. The van der Waals surface area contributed by atoms with Crippen molar-refractivity contribution in [1.29, 1.82) is 0 Å². The van der Waals surface area contributed by atoms with Crippen LogP contribution in [0.25, 0.3) is 0 Å². The average Bonchev–Trinajstić information content (AvgIpc) is 1.81. The third-order valence-electron chi connectivity index (χ3n) is 2.13. The van der Waals surface area contributed by atoms with Crippen LogP contribution >= 0.6 is 0 Å². The molecule has 0 fully saturated rings. The van der Waals surface area contributed by atoms with E-state index in [0.717, 1.165) is 5.57 Å². The lowest BCUT2D eigenvalue weighted by Crippen LogP contribution is -2.11. The summed E-state index contributed by atoms with van der Waals surface area (Å²) in [5.41, 5.74) is 2.73. The highest BCUT2D eigenvalue weighted by molar-refractivity contribution is 5.39. The molecule has 0 amide bonds. The smallest absolute Gasteiger partial charge is 0.00381 e. The summed E-state index contributed by atoms with van der Waals surface area (Å²) in [6.45, 7) is 10.4. The molecule has 1 aliphatic rings. The highest BCUT2D eigenvalue weighted by atomic mass is 14.2. The Hall–Kier alpha value is -0.780. The van der Waals surface area contributed by atoms with Crippen LogP contribution in [0.4, 0.5) is 0 Å². The minimum absolute atomic E-state index is 0.237. The molecule has 0 aromatic carbocycles. The van der Waals surface area contributed by atoms with E-state index >= 15 is 0 Å². The third kappa shape index (κ3) is 1.21. The van der Waals surface area contributed by atoms with E-state index < -0.39 is 0 Å². The minimum Gasteiger partial charge on any atom is -0.0918 e. The molecule has 0 unspecified atom stereocenters. The lowest BCUT2D eigenvalue weighted by Gasteiger charge is -2.24. The quantitative estimate of drug-likeness (QED) is 0.477. The topological polar surface area (TPSA) is 0 Å². The second-order valence-electron chi connectivity index (χ2n) is 3.46. The molecular weight excluding hydrogens is 120 g/mol. The first-order valence-electron chi connectivity index (χ1n) is 3.59. The lowest BCUT2D eigenvalue weighted by atomic mass is 9.80. The van der Waals surface area contributed by atoms with Gasteiger partial charge in [-0.2, -0.15) is 0 Å². The molecule has 0 radical (unpaired) electrons. The maximum absolute atomic E-state index is 3.87. The Bertz CT molecular complexity index is 214. The lowest BCUT2D eigenvalue weighted by molar-refractivity contribution is 0.574. The van der Waals surface area contributed by atoms with Gasteiger partial charge >= 0.3 is 0 Å². The zero-order valence-corrected chi connectivity index (χ0v) is 6.94. The molecule has 0 atom stereocenters. The van der Waals surface area contributed by atoms with Gasteiger partial charge in [-0.15, -0.1) is 0 Å². The van der Waals surface area contributed by atoms with E-state index in [4.69, 9.17) is 0 Å². The maximum Gasteiger partial charge on any atom is 0.00381 e. The fourth-order valence-electron chi connectivity index (χ4n) is 0.959. The van der Waals surface area contributed by atoms with Crippen molar-refractivity contribution in [2.75, 3.05) is 0 Å². The molecule has 0 aliphatic heterocycles. The van der Waals surface area contributed by atoms with Crippen LogP contribution in [0.15, 0.2) is 36.0 Å². The van der Waals surface area contributed by atoms with Gasteiger partial charge in [0.25, 0.3) is 0 Å². The summed E-state index contributed by atoms with van der Waals surface area (Å²) in [6, 6.07) is 0. The zero-order chi connectivity index (χ0) is 7.78. The van der Waals surface area contributed by atoms with Crippen molar-refractivity contribution in [3.8, 4) is 0 Å². The van der Waals surface area contributed by atoms with E-state index in [1.54, 1.807) is 0 Å². The van der Waals surface area contributed by atoms with Crippen LogP contribution in [0.1, 0.15) is 20.8 Å². The first-order chi connectivity index (χ1) is 4.52. The predicted molar refractivity (Wildman–Crippen MR) is 45.8 cm³/mol. The molecule has 10 heavy (non-hydrogen) atoms. The predicted octanol–water partition coefficient (Wildman–Crippen LogP) is 3.08. The molecule has 0 nitrogen and oxygen atoms in total. The molecule has 0 saturated heterocycles. The Labute approximate surface area is 62.9 Å². The molecular formula is C10H14. The van der Waals surface area contributed by atoms with E-state index in [1.165, 1.54) is 5.57 Å². The fourth-order valence-corrected chi connectivity index (χ4v) is 0.959. The molecule has 1 aliphatic carbocycles. The molecule has 54 valence electrons. The Morgan fingerprint density at radius 1 is 1.40 bits per heavy atom. The molecule has 0 spiro atoms. The monoisotopic (exact) mass is 134 g/mol. The zero-order valence-electron chi connectivity index (χ0n) is 6.94. The van der Waals surface area contributed by atoms with Gasteiger partial charge in [-0.25, -0.2) is 0 Å². The fraction of sp³-hybridized carbons (Fsp3) is 0.400. The van der Waals surface area contributed by atoms with Crippen molar-refractivity contribution >= 4 is 0 Å². The van der Waals surface area contributed by atoms with Crippen LogP contribution in [0.5, 0.6) is 0 Å². The van der Waals surface area contributed by atoms with Crippen molar-refractivity contribution in [1.82, 2.24) is 0 Å². The molecule has 0 aromatic rings. The maximum atomic E-state index is 3.87. The van der Waals surface area contributed by atoms with E-state index in [2.05, 4.69) is 45.6 Å². The van der Waals surface area contributed by atoms with Crippen LogP contribution in [-0.4, -0.2) is 0 Å². The molecule has 1 rings (SSSR count). The van der Waals surface area contributed by atoms with Gasteiger partial charge in [-0.3, -0.25) is 0 Å². The normalized spacial score (nSPS) is 22.7. The number of rotatable bonds is 0. The van der Waals surface area contributed by atoms with E-state index in [9.17, 15) is 0 Å². The van der Waals surface area contributed by atoms with E-state index in [1.807, 2.05) is 0 Å². The molecule has 0 heterocycles. The Kier molecular flexibility index (Phi) is 1.55. The summed E-state index contributed by atoms with van der Waals surface area (Å²) in [5, 5.41) is 0. The number of hydrogen-bond donors (Lipinski definition) is 0. The second-order valence-corrected chi connectivity index (χ2v) is 3.46. The standard InChI is InChI=1S/C10H14/c1-8-5-6-10(3,4)9(2)7-8/h5-7H,1H2,2-4H3. The molecule has 0 N–H and O–H groups in total. The van der Waals surface area contributed by atoms with Gasteiger partial charge in [-0.05, 0) is 12.5 Å². The summed E-state index contributed by atoms with van der Waals surface area (Å²) < 4.78 is 0. The van der Waals surface area contributed by atoms with Gasteiger partial charge in [0.15, 0.2) is 0 Å². The summed E-state index contributed by atoms with van der Waals surface area (Å²) in [4.78, 5) is 0. The summed E-state index contributed by atoms with van der Waals surface area (Å²) in [6.07, 6.45) is 6.41. The van der Waals surface area contributed by atoms with Crippen LogP contribution < -0.4 is 0 Å². The van der Waals surface area contributed by atoms with Crippen molar-refractivity contribution < 1.29 is 0 Å². The van der Waals surface area contributed by atoms with Crippen LogP contribution in [0.2, 0.25) is 0 Å². The van der Waals surface area contributed by atoms with E-state index in [-0.39, 0.29) is 5.41 Å². The average molecular weight is 134 g/mol. The van der Waals surface area contributed by atoms with Crippen molar-refractivity contribution in [3.05, 3.63) is 36.0 Å². The Balaban J connectivity index is 2.97. The summed E-state index contributed by atoms with van der Waals surface area (Å²) in [5.74, 6) is 0. The number of hydrogen-bond acceptors (Lipinski definition) is 0. The van der Waals surface area contributed by atoms with Crippen molar-refractivity contribution in [3.63, 3.8) is 0 Å². The van der Waals surface area contributed by atoms with Crippen LogP contribution in [0.3, 0.4) is 0 Å². The van der Waals surface area contributed by atoms with Gasteiger partial charge < -0.3 is 0 Å². The largest absolute Gasteiger partial charge is 0.0918 e. The highest BCUT2D eigenvalue weighted by Crippen LogP contribution is 2.31. The molecule has 0 saturated carbocycles. The molecule has 0 heteroatoms. The van der Waals surface area contributed by atoms with Crippen molar-refractivity contribution in [2.45, 2.75) is 20.8 Å². The van der Waals surface area contributed by atoms with Gasteiger partial charge in [0.1, 0.15) is 0 Å². The first-order valence-corrected chi connectivity index (χ1v) is 3.59. The van der Waals surface area contributed by atoms with Gasteiger partial charge in [0.05, 0.1) is 0 Å². The van der Waals surface area contributed by atoms with Gasteiger partial charge in [-0.1, -0.05) is 44.2 Å². The van der Waals surface area contributed by atoms with Gasteiger partial charge in [0, 0.05) is 5.41 Å². The number of allylic oxidation sites excluding steroid dienone is 5. The second kappa shape index (κ2) is 2.12. The highest BCUT2D eigenvalue weighted by Gasteiger charge is 2.18. The summed E-state index contributed by atoms with van der Waals surface area (Å²) in [7, 11) is 0. The van der Waals surface area contributed by atoms with Crippen LogP contribution in [0, 0.1) is 5.41 Å².